The van der Waals surface area contributed by atoms with Crippen molar-refractivity contribution >= 4 is 11.6 Å². The smallest absolute Gasteiger partial charge is 0.123 e. The van der Waals surface area contributed by atoms with Crippen LogP contribution in [0.15, 0.2) is 30.6 Å². The number of benzene rings is 1. The standard InChI is InChI=1S/C15H20ClN3O/c1-3-14(17)7-12-6-13(16)4-5-15(12)20-10-11-8-18-19(2)9-11/h4-6,8-9,14H,3,7,10,17H2,1-2H3. The van der Waals surface area contributed by atoms with Crippen LogP contribution in [0.5, 0.6) is 5.75 Å². The number of halogens is 1. The van der Waals surface area contributed by atoms with Crippen LogP contribution in [0.4, 0.5) is 0 Å². The molecule has 1 aromatic heterocycles. The Kier molecular flexibility index (Phi) is 5.04. The molecule has 2 rings (SSSR count). The molecule has 2 N–H and O–H groups in total. The maximum Gasteiger partial charge on any atom is 0.123 e. The van der Waals surface area contributed by atoms with Crippen LogP contribution in [0, 0.1) is 0 Å². The van der Waals surface area contributed by atoms with Crippen molar-refractivity contribution in [2.45, 2.75) is 32.4 Å². The molecular weight excluding hydrogens is 274 g/mol. The van der Waals surface area contributed by atoms with Crippen molar-refractivity contribution < 1.29 is 4.74 Å². The maximum absolute atomic E-state index is 6.05. The van der Waals surface area contributed by atoms with E-state index >= 15 is 0 Å². The molecule has 0 radical (unpaired) electrons. The van der Waals surface area contributed by atoms with Crippen LogP contribution < -0.4 is 10.5 Å². The molecule has 1 unspecified atom stereocenters. The van der Waals surface area contributed by atoms with Gasteiger partial charge in [0.05, 0.1) is 6.20 Å². The van der Waals surface area contributed by atoms with Gasteiger partial charge in [-0.3, -0.25) is 4.68 Å². The lowest BCUT2D eigenvalue weighted by atomic mass is 10.0. The van der Waals surface area contributed by atoms with Gasteiger partial charge in [0.1, 0.15) is 12.4 Å². The number of rotatable bonds is 6. The second kappa shape index (κ2) is 6.77. The van der Waals surface area contributed by atoms with Gasteiger partial charge in [-0.15, -0.1) is 0 Å². The highest BCUT2D eigenvalue weighted by Crippen LogP contribution is 2.25. The Morgan fingerprint density at radius 1 is 1.45 bits per heavy atom. The number of hydrogen-bond acceptors (Lipinski definition) is 3. The SMILES string of the molecule is CCC(N)Cc1cc(Cl)ccc1OCc1cnn(C)c1. The average molecular weight is 294 g/mol. The highest BCUT2D eigenvalue weighted by atomic mass is 35.5. The number of nitrogens with zero attached hydrogens (tertiary/aromatic N) is 2. The summed E-state index contributed by atoms with van der Waals surface area (Å²) in [6.07, 6.45) is 5.43. The largest absolute Gasteiger partial charge is 0.489 e. The molecule has 0 fully saturated rings. The predicted molar refractivity (Wildman–Crippen MR) is 81.0 cm³/mol. The minimum absolute atomic E-state index is 0.120. The molecule has 0 aliphatic carbocycles. The van der Waals surface area contributed by atoms with Gasteiger partial charge < -0.3 is 10.5 Å². The Hall–Kier alpha value is -1.52. The second-order valence-electron chi connectivity index (χ2n) is 4.94. The molecule has 2 aromatic rings. The molecule has 0 aliphatic heterocycles. The van der Waals surface area contributed by atoms with E-state index in [1.807, 2.05) is 31.4 Å². The highest BCUT2D eigenvalue weighted by molar-refractivity contribution is 6.30. The first-order valence-corrected chi connectivity index (χ1v) is 7.10. The lowest BCUT2D eigenvalue weighted by molar-refractivity contribution is 0.302. The number of aryl methyl sites for hydroxylation is 1. The topological polar surface area (TPSA) is 53.1 Å². The molecule has 108 valence electrons. The first-order valence-electron chi connectivity index (χ1n) is 6.72. The van der Waals surface area contributed by atoms with E-state index in [2.05, 4.69) is 12.0 Å². The van der Waals surface area contributed by atoms with E-state index in [9.17, 15) is 0 Å². The molecular formula is C15H20ClN3O. The van der Waals surface area contributed by atoms with Gasteiger partial charge >= 0.3 is 0 Å². The van der Waals surface area contributed by atoms with Gasteiger partial charge in [0.15, 0.2) is 0 Å². The number of ether oxygens (including phenoxy) is 1. The molecule has 1 atom stereocenters. The molecule has 5 heteroatoms. The second-order valence-corrected chi connectivity index (χ2v) is 5.37. The molecule has 0 aliphatic rings. The fourth-order valence-corrected chi connectivity index (χ4v) is 2.18. The van der Waals surface area contributed by atoms with Gasteiger partial charge in [0.2, 0.25) is 0 Å². The van der Waals surface area contributed by atoms with Crippen molar-refractivity contribution in [3.8, 4) is 5.75 Å². The van der Waals surface area contributed by atoms with Crippen LogP contribution >= 0.6 is 11.6 Å². The van der Waals surface area contributed by atoms with E-state index in [1.165, 1.54) is 0 Å². The van der Waals surface area contributed by atoms with E-state index in [0.717, 1.165) is 29.7 Å². The summed E-state index contributed by atoms with van der Waals surface area (Å²) in [6, 6.07) is 5.78. The fraction of sp³-hybridized carbons (Fsp3) is 0.400. The van der Waals surface area contributed by atoms with Gasteiger partial charge in [0.25, 0.3) is 0 Å². The quantitative estimate of drug-likeness (QED) is 0.891. The number of nitrogens with two attached hydrogens (primary N) is 1. The Labute approximate surface area is 124 Å². The first-order chi connectivity index (χ1) is 9.58. The summed E-state index contributed by atoms with van der Waals surface area (Å²) in [6.45, 7) is 2.56. The van der Waals surface area contributed by atoms with E-state index in [0.29, 0.717) is 11.6 Å². The Balaban J connectivity index is 2.09. The van der Waals surface area contributed by atoms with E-state index in [1.54, 1.807) is 10.9 Å². The van der Waals surface area contributed by atoms with Crippen molar-refractivity contribution in [2.75, 3.05) is 0 Å². The average Bonchev–Trinajstić information content (AvgIpc) is 2.83. The van der Waals surface area contributed by atoms with E-state index < -0.39 is 0 Å². The van der Waals surface area contributed by atoms with Crippen LogP contribution in [0.1, 0.15) is 24.5 Å². The van der Waals surface area contributed by atoms with Gasteiger partial charge in [0, 0.05) is 29.9 Å². The number of aromatic nitrogens is 2. The molecule has 1 aromatic carbocycles. The molecule has 20 heavy (non-hydrogen) atoms. The molecule has 0 bridgehead atoms. The molecule has 1 heterocycles. The fourth-order valence-electron chi connectivity index (χ4n) is 1.98. The van der Waals surface area contributed by atoms with Gasteiger partial charge in [-0.05, 0) is 36.6 Å². The van der Waals surface area contributed by atoms with Crippen LogP contribution in [-0.4, -0.2) is 15.8 Å². The molecule has 0 saturated carbocycles. The highest BCUT2D eigenvalue weighted by Gasteiger charge is 2.09. The van der Waals surface area contributed by atoms with Crippen LogP contribution in [0.3, 0.4) is 0 Å². The third-order valence-corrected chi connectivity index (χ3v) is 3.42. The molecule has 4 nitrogen and oxygen atoms in total. The van der Waals surface area contributed by atoms with Crippen LogP contribution in [0.25, 0.3) is 0 Å². The third-order valence-electron chi connectivity index (χ3n) is 3.18. The zero-order valence-corrected chi connectivity index (χ0v) is 12.6. The van der Waals surface area contributed by atoms with Gasteiger partial charge in [-0.1, -0.05) is 18.5 Å². The van der Waals surface area contributed by atoms with Crippen molar-refractivity contribution in [1.82, 2.24) is 9.78 Å². The van der Waals surface area contributed by atoms with E-state index in [4.69, 9.17) is 22.1 Å². The maximum atomic E-state index is 6.05. The normalized spacial score (nSPS) is 12.4. The van der Waals surface area contributed by atoms with Crippen LogP contribution in [-0.2, 0) is 20.1 Å². The van der Waals surface area contributed by atoms with E-state index in [-0.39, 0.29) is 6.04 Å². The third kappa shape index (κ3) is 3.99. The predicted octanol–water partition coefficient (Wildman–Crippen LogP) is 2.93. The lowest BCUT2D eigenvalue weighted by Gasteiger charge is -2.14. The summed E-state index contributed by atoms with van der Waals surface area (Å²) in [5.74, 6) is 0.835. The summed E-state index contributed by atoms with van der Waals surface area (Å²) in [4.78, 5) is 0. The zero-order valence-electron chi connectivity index (χ0n) is 11.8. The van der Waals surface area contributed by atoms with Crippen molar-refractivity contribution in [3.63, 3.8) is 0 Å². The summed E-state index contributed by atoms with van der Waals surface area (Å²) < 4.78 is 7.63. The summed E-state index contributed by atoms with van der Waals surface area (Å²) >= 11 is 6.05. The van der Waals surface area contributed by atoms with Crippen molar-refractivity contribution in [3.05, 3.63) is 46.7 Å². The van der Waals surface area contributed by atoms with Gasteiger partial charge in [-0.25, -0.2) is 0 Å². The molecule has 0 saturated heterocycles. The summed E-state index contributed by atoms with van der Waals surface area (Å²) in [5.41, 5.74) is 8.11. The zero-order chi connectivity index (χ0) is 14.5. The number of hydrogen-bond donors (Lipinski definition) is 1. The van der Waals surface area contributed by atoms with Crippen molar-refractivity contribution in [2.24, 2.45) is 12.8 Å². The Morgan fingerprint density at radius 3 is 2.90 bits per heavy atom. The first kappa shape index (κ1) is 14.9. The Morgan fingerprint density at radius 2 is 2.25 bits per heavy atom. The summed E-state index contributed by atoms with van der Waals surface area (Å²) in [7, 11) is 1.89. The molecule has 0 amide bonds. The van der Waals surface area contributed by atoms with Gasteiger partial charge in [-0.2, -0.15) is 5.10 Å². The molecule has 0 spiro atoms. The minimum atomic E-state index is 0.120. The lowest BCUT2D eigenvalue weighted by Crippen LogP contribution is -2.21. The monoisotopic (exact) mass is 293 g/mol. The summed E-state index contributed by atoms with van der Waals surface area (Å²) in [5, 5.41) is 4.83. The minimum Gasteiger partial charge on any atom is -0.489 e. The van der Waals surface area contributed by atoms with Crippen LogP contribution in [0.2, 0.25) is 5.02 Å². The Bertz CT molecular complexity index is 568. The van der Waals surface area contributed by atoms with Crippen molar-refractivity contribution in [1.29, 1.82) is 0 Å².